The summed E-state index contributed by atoms with van der Waals surface area (Å²) in [6.45, 7) is 4.66. The molecule has 4 heteroatoms. The van der Waals surface area contributed by atoms with Crippen LogP contribution in [0.2, 0.25) is 0 Å². The molecule has 1 aliphatic carbocycles. The van der Waals surface area contributed by atoms with Crippen LogP contribution in [0, 0.1) is 0 Å². The molecule has 2 heterocycles. The minimum atomic E-state index is -0.223. The van der Waals surface area contributed by atoms with E-state index in [2.05, 4.69) is 95.8 Å². The molecule has 9 rings (SSSR count). The monoisotopic (exact) mass is 556 g/mol. The molecule has 0 saturated carbocycles. The number of phenolic OH excluding ortho intramolecular Hbond substituents is 2. The summed E-state index contributed by atoms with van der Waals surface area (Å²) in [6, 6.07) is 41.6. The highest BCUT2D eigenvalue weighted by molar-refractivity contribution is 6.14. The van der Waals surface area contributed by atoms with Gasteiger partial charge in [-0.15, -0.1) is 0 Å². The molecule has 2 N–H and O–H groups in total. The van der Waals surface area contributed by atoms with E-state index in [9.17, 15) is 10.2 Å². The van der Waals surface area contributed by atoms with E-state index in [-0.39, 0.29) is 16.9 Å². The Hall–Kier alpha value is -5.48. The summed E-state index contributed by atoms with van der Waals surface area (Å²) in [5, 5.41) is 24.8. The summed E-state index contributed by atoms with van der Waals surface area (Å²) >= 11 is 0. The second kappa shape index (κ2) is 8.30. The number of aromatic hydroxyl groups is 2. The molecular weight excluding hydrogens is 528 g/mol. The highest BCUT2D eigenvalue weighted by atomic mass is 16.3. The zero-order chi connectivity index (χ0) is 29.0. The summed E-state index contributed by atoms with van der Waals surface area (Å²) in [7, 11) is 0. The van der Waals surface area contributed by atoms with Crippen molar-refractivity contribution in [1.82, 2.24) is 9.13 Å². The van der Waals surface area contributed by atoms with E-state index in [1.165, 1.54) is 43.8 Å². The zero-order valence-electron chi connectivity index (χ0n) is 23.8. The van der Waals surface area contributed by atoms with Gasteiger partial charge < -0.3 is 19.3 Å². The van der Waals surface area contributed by atoms with Crippen molar-refractivity contribution in [2.24, 2.45) is 0 Å². The first-order valence-electron chi connectivity index (χ1n) is 14.6. The maximum Gasteiger partial charge on any atom is 0.115 e. The Morgan fingerprint density at radius 3 is 1.26 bits per heavy atom. The van der Waals surface area contributed by atoms with Gasteiger partial charge in [0.05, 0.1) is 22.1 Å². The topological polar surface area (TPSA) is 50.3 Å². The van der Waals surface area contributed by atoms with E-state index in [1.54, 1.807) is 24.3 Å². The lowest BCUT2D eigenvalue weighted by molar-refractivity contribution is 0.474. The van der Waals surface area contributed by atoms with Crippen molar-refractivity contribution in [2.45, 2.75) is 19.3 Å². The predicted octanol–water partition coefficient (Wildman–Crippen LogP) is 9.60. The largest absolute Gasteiger partial charge is 0.508 e. The van der Waals surface area contributed by atoms with Gasteiger partial charge in [0.15, 0.2) is 0 Å². The van der Waals surface area contributed by atoms with Crippen LogP contribution in [-0.4, -0.2) is 19.3 Å². The van der Waals surface area contributed by atoms with Crippen LogP contribution < -0.4 is 0 Å². The molecule has 43 heavy (non-hydrogen) atoms. The lowest BCUT2D eigenvalue weighted by Gasteiger charge is -2.22. The molecule has 0 bridgehead atoms. The minimum absolute atomic E-state index is 0.223. The SMILES string of the molecule is CC1(C)c2cc3c(cc2-c2cc4c5ccccc5n(-c5ccc(O)cc5)c4cc21)c1ccccc1n3-c1ccc(O)cc1. The summed E-state index contributed by atoms with van der Waals surface area (Å²) < 4.78 is 4.62. The van der Waals surface area contributed by atoms with Crippen LogP contribution >= 0.6 is 0 Å². The maximum atomic E-state index is 9.99. The number of rotatable bonds is 2. The average molecular weight is 557 g/mol. The lowest BCUT2D eigenvalue weighted by atomic mass is 9.82. The number of aromatic nitrogens is 2. The van der Waals surface area contributed by atoms with Gasteiger partial charge in [-0.2, -0.15) is 0 Å². The van der Waals surface area contributed by atoms with Crippen molar-refractivity contribution in [2.75, 3.05) is 0 Å². The molecule has 6 aromatic carbocycles. The maximum absolute atomic E-state index is 9.99. The summed E-state index contributed by atoms with van der Waals surface area (Å²) in [5.41, 5.74) is 11.6. The molecule has 0 unspecified atom stereocenters. The van der Waals surface area contributed by atoms with Gasteiger partial charge in [-0.3, -0.25) is 0 Å². The number of phenols is 2. The van der Waals surface area contributed by atoms with E-state index in [0.29, 0.717) is 0 Å². The molecule has 206 valence electrons. The van der Waals surface area contributed by atoms with Crippen LogP contribution in [-0.2, 0) is 5.41 Å². The molecule has 0 radical (unpaired) electrons. The Kier molecular flexibility index (Phi) is 4.66. The average Bonchev–Trinajstić information content (AvgIpc) is 3.60. The fourth-order valence-electron chi connectivity index (χ4n) is 7.41. The molecular formula is C39H28N2O2. The van der Waals surface area contributed by atoms with Gasteiger partial charge in [0.2, 0.25) is 0 Å². The molecule has 0 atom stereocenters. The minimum Gasteiger partial charge on any atom is -0.508 e. The van der Waals surface area contributed by atoms with Crippen molar-refractivity contribution in [1.29, 1.82) is 0 Å². The first-order chi connectivity index (χ1) is 20.9. The Bertz CT molecular complexity index is 2250. The Morgan fingerprint density at radius 2 is 0.837 bits per heavy atom. The molecule has 0 fully saturated rings. The van der Waals surface area contributed by atoms with E-state index in [4.69, 9.17) is 0 Å². The van der Waals surface area contributed by atoms with Crippen molar-refractivity contribution in [3.8, 4) is 34.0 Å². The lowest BCUT2D eigenvalue weighted by Crippen LogP contribution is -2.15. The van der Waals surface area contributed by atoms with Crippen LogP contribution in [0.15, 0.2) is 121 Å². The second-order valence-corrected chi connectivity index (χ2v) is 12.2. The van der Waals surface area contributed by atoms with Crippen LogP contribution in [0.3, 0.4) is 0 Å². The Balaban J connectivity index is 1.36. The number of hydrogen-bond donors (Lipinski definition) is 2. The fraction of sp³-hybridized carbons (Fsp3) is 0.0769. The van der Waals surface area contributed by atoms with Gasteiger partial charge in [0.1, 0.15) is 11.5 Å². The van der Waals surface area contributed by atoms with E-state index < -0.39 is 0 Å². The molecule has 4 nitrogen and oxygen atoms in total. The number of para-hydroxylation sites is 2. The van der Waals surface area contributed by atoms with Crippen LogP contribution in [0.1, 0.15) is 25.0 Å². The summed E-state index contributed by atoms with van der Waals surface area (Å²) in [4.78, 5) is 0. The molecule has 0 spiro atoms. The Morgan fingerprint density at radius 1 is 0.442 bits per heavy atom. The standard InChI is InChI=1S/C39H28N2O2/c1-39(2)33-21-37-31(27-7-3-5-9-35(27)40(37)23-11-15-25(42)16-12-23)19-29(33)30-20-32-28-8-4-6-10-36(28)41(38(32)22-34(30)39)24-13-17-26(43)18-14-24/h3-22,42-43H,1-2H3. The molecule has 0 amide bonds. The van der Waals surface area contributed by atoms with Gasteiger partial charge >= 0.3 is 0 Å². The fourth-order valence-corrected chi connectivity index (χ4v) is 7.41. The molecule has 1 aliphatic rings. The van der Waals surface area contributed by atoms with Gasteiger partial charge in [0.25, 0.3) is 0 Å². The number of nitrogens with zero attached hydrogens (tertiary/aromatic N) is 2. The van der Waals surface area contributed by atoms with Gasteiger partial charge in [-0.05, 0) is 107 Å². The molecule has 0 saturated heterocycles. The molecule has 0 aliphatic heterocycles. The summed E-state index contributed by atoms with van der Waals surface area (Å²) in [6.07, 6.45) is 0. The first kappa shape index (κ1) is 24.2. The summed E-state index contributed by atoms with van der Waals surface area (Å²) in [5.74, 6) is 0.524. The third-order valence-electron chi connectivity index (χ3n) is 9.48. The number of fused-ring (bicyclic) bond motifs is 9. The number of benzene rings is 6. The van der Waals surface area contributed by atoms with Crippen molar-refractivity contribution in [3.05, 3.63) is 132 Å². The highest BCUT2D eigenvalue weighted by Gasteiger charge is 2.37. The third-order valence-corrected chi connectivity index (χ3v) is 9.48. The quantitative estimate of drug-likeness (QED) is 0.223. The highest BCUT2D eigenvalue weighted by Crippen LogP contribution is 2.53. The zero-order valence-corrected chi connectivity index (χ0v) is 23.8. The van der Waals surface area contributed by atoms with Gasteiger partial charge in [-0.1, -0.05) is 50.2 Å². The van der Waals surface area contributed by atoms with Gasteiger partial charge in [-0.25, -0.2) is 0 Å². The van der Waals surface area contributed by atoms with Gasteiger partial charge in [0, 0.05) is 38.3 Å². The normalized spacial score (nSPS) is 13.7. The van der Waals surface area contributed by atoms with E-state index in [1.807, 2.05) is 24.3 Å². The van der Waals surface area contributed by atoms with Crippen LogP contribution in [0.25, 0.3) is 66.1 Å². The number of hydrogen-bond acceptors (Lipinski definition) is 2. The van der Waals surface area contributed by atoms with Crippen molar-refractivity contribution in [3.63, 3.8) is 0 Å². The first-order valence-corrected chi connectivity index (χ1v) is 14.6. The third kappa shape index (κ3) is 3.21. The van der Waals surface area contributed by atoms with Crippen molar-refractivity contribution >= 4 is 43.6 Å². The van der Waals surface area contributed by atoms with Crippen LogP contribution in [0.4, 0.5) is 0 Å². The smallest absolute Gasteiger partial charge is 0.115 e. The van der Waals surface area contributed by atoms with Crippen molar-refractivity contribution < 1.29 is 10.2 Å². The van der Waals surface area contributed by atoms with E-state index >= 15 is 0 Å². The molecule has 8 aromatic rings. The molecule has 2 aromatic heterocycles. The van der Waals surface area contributed by atoms with E-state index in [0.717, 1.165) is 33.4 Å². The van der Waals surface area contributed by atoms with Crippen LogP contribution in [0.5, 0.6) is 11.5 Å². The predicted molar refractivity (Wildman–Crippen MR) is 176 cm³/mol. The Labute approximate surface area is 248 Å². The second-order valence-electron chi connectivity index (χ2n) is 12.2.